The number of hydrogen-bond acceptors (Lipinski definition) is 4. The number of aryl methyl sites for hydroxylation is 1. The van der Waals surface area contributed by atoms with Gasteiger partial charge in [-0.2, -0.15) is 0 Å². The zero-order chi connectivity index (χ0) is 16.1. The highest BCUT2D eigenvalue weighted by Gasteiger charge is 2.32. The highest BCUT2D eigenvalue weighted by Crippen LogP contribution is 2.28. The van der Waals surface area contributed by atoms with Gasteiger partial charge >= 0.3 is 5.97 Å². The Hall–Kier alpha value is -2.24. The van der Waals surface area contributed by atoms with Crippen molar-refractivity contribution in [3.8, 4) is 11.5 Å². The molecule has 1 N–H and O–H groups in total. The Balaban J connectivity index is 2.01. The zero-order valence-electron chi connectivity index (χ0n) is 12.9. The molecule has 1 aliphatic rings. The number of likely N-dealkylation sites (tertiary alicyclic amines) is 1. The van der Waals surface area contributed by atoms with E-state index in [0.717, 1.165) is 18.4 Å². The minimum atomic E-state index is -0.957. The third kappa shape index (κ3) is 3.69. The summed E-state index contributed by atoms with van der Waals surface area (Å²) >= 11 is 0. The fourth-order valence-electron chi connectivity index (χ4n) is 2.60. The van der Waals surface area contributed by atoms with Crippen molar-refractivity contribution < 1.29 is 24.2 Å². The second-order valence-electron chi connectivity index (χ2n) is 5.38. The second-order valence-corrected chi connectivity index (χ2v) is 5.38. The van der Waals surface area contributed by atoms with E-state index in [1.54, 1.807) is 6.07 Å². The summed E-state index contributed by atoms with van der Waals surface area (Å²) in [4.78, 5) is 24.9. The lowest BCUT2D eigenvalue weighted by Gasteiger charge is -2.32. The minimum absolute atomic E-state index is 0.191. The van der Waals surface area contributed by atoms with E-state index < -0.39 is 12.0 Å². The number of carbonyl (C=O) groups excluding carboxylic acids is 1. The number of carbonyl (C=O) groups is 2. The number of hydrogen-bond donors (Lipinski definition) is 1. The first-order chi connectivity index (χ1) is 10.5. The van der Waals surface area contributed by atoms with Gasteiger partial charge in [-0.1, -0.05) is 6.07 Å². The van der Waals surface area contributed by atoms with E-state index >= 15 is 0 Å². The molecule has 1 fully saturated rings. The van der Waals surface area contributed by atoms with Crippen LogP contribution in [0.5, 0.6) is 11.5 Å². The maximum atomic E-state index is 12.2. The standard InChI is InChI=1S/C16H21NO5/c1-11-6-7-13(14(9-11)21-2)22-10-15(18)17-8-4-3-5-12(17)16(19)20/h6-7,9,12H,3-5,8,10H2,1-2H3,(H,19,20)/t12-/m1/s1. The predicted molar refractivity (Wildman–Crippen MR) is 80.2 cm³/mol. The summed E-state index contributed by atoms with van der Waals surface area (Å²) in [7, 11) is 1.54. The van der Waals surface area contributed by atoms with Crippen molar-refractivity contribution >= 4 is 11.9 Å². The van der Waals surface area contributed by atoms with Crippen molar-refractivity contribution in [2.45, 2.75) is 32.2 Å². The van der Waals surface area contributed by atoms with Crippen LogP contribution in [0.2, 0.25) is 0 Å². The van der Waals surface area contributed by atoms with Crippen molar-refractivity contribution in [1.29, 1.82) is 0 Å². The molecule has 0 bridgehead atoms. The van der Waals surface area contributed by atoms with E-state index in [-0.39, 0.29) is 12.5 Å². The largest absolute Gasteiger partial charge is 0.493 e. The van der Waals surface area contributed by atoms with E-state index in [1.807, 2.05) is 19.1 Å². The Morgan fingerprint density at radius 3 is 2.77 bits per heavy atom. The van der Waals surface area contributed by atoms with E-state index in [1.165, 1.54) is 12.0 Å². The van der Waals surface area contributed by atoms with Crippen molar-refractivity contribution in [1.82, 2.24) is 4.90 Å². The summed E-state index contributed by atoms with van der Waals surface area (Å²) in [6.45, 7) is 2.20. The SMILES string of the molecule is COc1cc(C)ccc1OCC(=O)N1CCCC[C@@H]1C(=O)O. The lowest BCUT2D eigenvalue weighted by atomic mass is 10.0. The van der Waals surface area contributed by atoms with Gasteiger partial charge in [0.05, 0.1) is 7.11 Å². The summed E-state index contributed by atoms with van der Waals surface area (Å²) in [5, 5.41) is 9.20. The molecule has 1 heterocycles. The number of benzene rings is 1. The van der Waals surface area contributed by atoms with Crippen LogP contribution in [0.1, 0.15) is 24.8 Å². The Bertz CT molecular complexity index is 557. The minimum Gasteiger partial charge on any atom is -0.493 e. The third-order valence-corrected chi connectivity index (χ3v) is 3.78. The molecule has 1 aromatic carbocycles. The van der Waals surface area contributed by atoms with Crippen molar-refractivity contribution in [2.24, 2.45) is 0 Å². The number of nitrogens with zero attached hydrogens (tertiary/aromatic N) is 1. The quantitative estimate of drug-likeness (QED) is 0.898. The van der Waals surface area contributed by atoms with Crippen LogP contribution in [0.3, 0.4) is 0 Å². The molecule has 0 spiro atoms. The molecule has 6 heteroatoms. The molecule has 0 saturated carbocycles. The van der Waals surface area contributed by atoms with Gasteiger partial charge in [-0.05, 0) is 43.9 Å². The predicted octanol–water partition coefficient (Wildman–Crippen LogP) is 1.85. The van der Waals surface area contributed by atoms with Crippen molar-refractivity contribution in [2.75, 3.05) is 20.3 Å². The van der Waals surface area contributed by atoms with Gasteiger partial charge in [-0.25, -0.2) is 4.79 Å². The molecule has 0 radical (unpaired) electrons. The number of rotatable bonds is 5. The van der Waals surface area contributed by atoms with Gasteiger partial charge in [0.1, 0.15) is 6.04 Å². The first-order valence-corrected chi connectivity index (χ1v) is 7.32. The normalized spacial score (nSPS) is 17.9. The molecule has 22 heavy (non-hydrogen) atoms. The lowest BCUT2D eigenvalue weighted by Crippen LogP contribution is -2.49. The van der Waals surface area contributed by atoms with Crippen LogP contribution in [0.4, 0.5) is 0 Å². The number of methoxy groups -OCH3 is 1. The Labute approximate surface area is 129 Å². The maximum Gasteiger partial charge on any atom is 0.326 e. The van der Waals surface area contributed by atoms with Gasteiger partial charge in [0.15, 0.2) is 18.1 Å². The van der Waals surface area contributed by atoms with Gasteiger partial charge < -0.3 is 19.5 Å². The fourth-order valence-corrected chi connectivity index (χ4v) is 2.60. The smallest absolute Gasteiger partial charge is 0.326 e. The molecule has 6 nitrogen and oxygen atoms in total. The second kappa shape index (κ2) is 7.15. The van der Waals surface area contributed by atoms with Gasteiger partial charge in [0.2, 0.25) is 0 Å². The summed E-state index contributed by atoms with van der Waals surface area (Å²) in [6, 6.07) is 4.68. The third-order valence-electron chi connectivity index (χ3n) is 3.78. The van der Waals surface area contributed by atoms with E-state index in [2.05, 4.69) is 0 Å². The zero-order valence-corrected chi connectivity index (χ0v) is 12.9. The average Bonchev–Trinajstić information content (AvgIpc) is 2.53. The average molecular weight is 307 g/mol. The number of carboxylic acid groups (broad SMARTS) is 1. The molecule has 0 aliphatic carbocycles. The van der Waals surface area contributed by atoms with E-state index in [4.69, 9.17) is 9.47 Å². The van der Waals surface area contributed by atoms with Crippen molar-refractivity contribution in [3.63, 3.8) is 0 Å². The topological polar surface area (TPSA) is 76.1 Å². The number of amides is 1. The molecule has 1 saturated heterocycles. The van der Waals surface area contributed by atoms with Crippen LogP contribution in [-0.4, -0.2) is 48.2 Å². The first-order valence-electron chi connectivity index (χ1n) is 7.32. The molecule has 1 aliphatic heterocycles. The molecule has 1 amide bonds. The van der Waals surface area contributed by atoms with Gasteiger partial charge in [-0.15, -0.1) is 0 Å². The fraction of sp³-hybridized carbons (Fsp3) is 0.500. The van der Waals surface area contributed by atoms with Crippen LogP contribution < -0.4 is 9.47 Å². The highest BCUT2D eigenvalue weighted by atomic mass is 16.5. The van der Waals surface area contributed by atoms with E-state index in [9.17, 15) is 14.7 Å². The summed E-state index contributed by atoms with van der Waals surface area (Å²) in [6.07, 6.45) is 2.14. The Kier molecular flexibility index (Phi) is 5.25. The molecule has 0 unspecified atom stereocenters. The lowest BCUT2D eigenvalue weighted by molar-refractivity contribution is -0.152. The molecular weight excluding hydrogens is 286 g/mol. The molecule has 1 atom stereocenters. The number of carboxylic acids is 1. The summed E-state index contributed by atoms with van der Waals surface area (Å²) < 4.78 is 10.7. The van der Waals surface area contributed by atoms with Gasteiger partial charge in [-0.3, -0.25) is 4.79 Å². The van der Waals surface area contributed by atoms with Crippen LogP contribution in [0.15, 0.2) is 18.2 Å². The molecule has 1 aromatic rings. The molecular formula is C16H21NO5. The maximum absolute atomic E-state index is 12.2. The van der Waals surface area contributed by atoms with Crippen LogP contribution >= 0.6 is 0 Å². The van der Waals surface area contributed by atoms with Crippen LogP contribution in [0, 0.1) is 6.92 Å². The highest BCUT2D eigenvalue weighted by molar-refractivity contribution is 5.84. The summed E-state index contributed by atoms with van der Waals surface area (Å²) in [5.41, 5.74) is 1.03. The molecule has 120 valence electrons. The molecule has 0 aromatic heterocycles. The monoisotopic (exact) mass is 307 g/mol. The van der Waals surface area contributed by atoms with Crippen LogP contribution in [-0.2, 0) is 9.59 Å². The van der Waals surface area contributed by atoms with Crippen molar-refractivity contribution in [3.05, 3.63) is 23.8 Å². The Morgan fingerprint density at radius 2 is 2.09 bits per heavy atom. The van der Waals surface area contributed by atoms with Gasteiger partial charge in [0.25, 0.3) is 5.91 Å². The Morgan fingerprint density at radius 1 is 1.32 bits per heavy atom. The molecule has 2 rings (SSSR count). The first kappa shape index (κ1) is 16.1. The van der Waals surface area contributed by atoms with Gasteiger partial charge in [0, 0.05) is 6.54 Å². The summed E-state index contributed by atoms with van der Waals surface area (Å²) in [5.74, 6) is -0.234. The number of ether oxygens (including phenoxy) is 2. The van der Waals surface area contributed by atoms with Crippen LogP contribution in [0.25, 0.3) is 0 Å². The van der Waals surface area contributed by atoms with E-state index in [0.29, 0.717) is 24.5 Å². The number of aliphatic carboxylic acids is 1. The number of piperidine rings is 1.